The van der Waals surface area contributed by atoms with Crippen LogP contribution in [-0.2, 0) is 17.8 Å². The van der Waals surface area contributed by atoms with Crippen LogP contribution >= 0.6 is 0 Å². The first-order valence-electron chi connectivity index (χ1n) is 7.13. The maximum absolute atomic E-state index is 5.84. The molecule has 0 amide bonds. The van der Waals surface area contributed by atoms with E-state index < -0.39 is 0 Å². The first-order valence-corrected chi connectivity index (χ1v) is 7.13. The van der Waals surface area contributed by atoms with Gasteiger partial charge in [-0.25, -0.2) is 0 Å². The average Bonchev–Trinajstić information content (AvgIpc) is 2.73. The second-order valence-electron chi connectivity index (χ2n) is 6.51. The van der Waals surface area contributed by atoms with Gasteiger partial charge in [-0.3, -0.25) is 0 Å². The van der Waals surface area contributed by atoms with E-state index in [4.69, 9.17) is 4.74 Å². The molecule has 0 radical (unpaired) electrons. The molecule has 1 aromatic rings. The largest absolute Gasteiger partial charge is 0.374 e. The summed E-state index contributed by atoms with van der Waals surface area (Å²) in [6.45, 7) is 11.3. The molecule has 0 spiro atoms. The van der Waals surface area contributed by atoms with Gasteiger partial charge in [0.15, 0.2) is 0 Å². The summed E-state index contributed by atoms with van der Waals surface area (Å²) in [6, 6.07) is 4.30. The minimum absolute atomic E-state index is 0.149. The van der Waals surface area contributed by atoms with Gasteiger partial charge < -0.3 is 19.5 Å². The summed E-state index contributed by atoms with van der Waals surface area (Å²) in [4.78, 5) is 2.34. The zero-order valence-electron chi connectivity index (χ0n) is 12.6. The molecule has 0 aromatic carbocycles. The SMILES string of the molecule is CN1CCOC(Cn2cccc2CNC(C)(C)C)C1. The molecule has 0 saturated carbocycles. The van der Waals surface area contributed by atoms with Crippen LogP contribution in [-0.4, -0.2) is 47.9 Å². The van der Waals surface area contributed by atoms with Gasteiger partial charge in [-0.2, -0.15) is 0 Å². The number of hydrogen-bond acceptors (Lipinski definition) is 3. The molecule has 0 aliphatic carbocycles. The highest BCUT2D eigenvalue weighted by Crippen LogP contribution is 2.10. The van der Waals surface area contributed by atoms with Crippen molar-refractivity contribution in [2.75, 3.05) is 26.7 Å². The van der Waals surface area contributed by atoms with Crippen molar-refractivity contribution in [2.24, 2.45) is 0 Å². The number of aromatic nitrogens is 1. The highest BCUT2D eigenvalue weighted by Gasteiger charge is 2.19. The second-order valence-corrected chi connectivity index (χ2v) is 6.51. The molecule has 4 nitrogen and oxygen atoms in total. The Hall–Kier alpha value is -0.840. The Morgan fingerprint density at radius 3 is 2.89 bits per heavy atom. The van der Waals surface area contributed by atoms with Gasteiger partial charge in [0, 0.05) is 43.6 Å². The van der Waals surface area contributed by atoms with Gasteiger partial charge in [0.2, 0.25) is 0 Å². The molecule has 1 aromatic heterocycles. The molecule has 1 unspecified atom stereocenters. The van der Waals surface area contributed by atoms with E-state index in [0.717, 1.165) is 32.8 Å². The maximum atomic E-state index is 5.84. The molecule has 0 bridgehead atoms. The summed E-state index contributed by atoms with van der Waals surface area (Å²) in [5, 5.41) is 3.54. The van der Waals surface area contributed by atoms with Crippen molar-refractivity contribution in [3.63, 3.8) is 0 Å². The van der Waals surface area contributed by atoms with Crippen molar-refractivity contribution >= 4 is 0 Å². The molecular formula is C15H27N3O. The average molecular weight is 265 g/mol. The van der Waals surface area contributed by atoms with Gasteiger partial charge in [0.25, 0.3) is 0 Å². The molecule has 1 atom stereocenters. The van der Waals surface area contributed by atoms with Crippen molar-refractivity contribution in [2.45, 2.75) is 45.5 Å². The van der Waals surface area contributed by atoms with Gasteiger partial charge in [-0.05, 0) is 40.0 Å². The Kier molecular flexibility index (Phi) is 4.66. The Morgan fingerprint density at radius 1 is 1.42 bits per heavy atom. The summed E-state index contributed by atoms with van der Waals surface area (Å²) in [5.74, 6) is 0. The highest BCUT2D eigenvalue weighted by atomic mass is 16.5. The van der Waals surface area contributed by atoms with Crippen LogP contribution in [0.5, 0.6) is 0 Å². The number of nitrogens with zero attached hydrogens (tertiary/aromatic N) is 2. The van der Waals surface area contributed by atoms with E-state index >= 15 is 0 Å². The van der Waals surface area contributed by atoms with Gasteiger partial charge >= 0.3 is 0 Å². The van der Waals surface area contributed by atoms with Crippen molar-refractivity contribution < 1.29 is 4.74 Å². The first kappa shape index (κ1) is 14.6. The Balaban J connectivity index is 1.91. The molecule has 1 aliphatic rings. The number of rotatable bonds is 4. The minimum Gasteiger partial charge on any atom is -0.374 e. The topological polar surface area (TPSA) is 29.4 Å². The Labute approximate surface area is 116 Å². The maximum Gasteiger partial charge on any atom is 0.0880 e. The quantitative estimate of drug-likeness (QED) is 0.898. The van der Waals surface area contributed by atoms with Crippen LogP contribution in [0.3, 0.4) is 0 Å². The molecule has 1 fully saturated rings. The lowest BCUT2D eigenvalue weighted by molar-refractivity contribution is -0.0277. The number of hydrogen-bond donors (Lipinski definition) is 1. The molecule has 2 heterocycles. The van der Waals surface area contributed by atoms with Gasteiger partial charge in [0.05, 0.1) is 12.7 Å². The zero-order valence-corrected chi connectivity index (χ0v) is 12.6. The van der Waals surface area contributed by atoms with Crippen LogP contribution in [0.2, 0.25) is 0 Å². The predicted octanol–water partition coefficient (Wildman–Crippen LogP) is 1.71. The smallest absolute Gasteiger partial charge is 0.0880 e. The highest BCUT2D eigenvalue weighted by molar-refractivity contribution is 5.07. The van der Waals surface area contributed by atoms with E-state index in [-0.39, 0.29) is 5.54 Å². The Bertz CT molecular complexity index is 394. The lowest BCUT2D eigenvalue weighted by Gasteiger charge is -2.31. The molecule has 2 rings (SSSR count). The van der Waals surface area contributed by atoms with Crippen molar-refractivity contribution in [1.82, 2.24) is 14.8 Å². The summed E-state index contributed by atoms with van der Waals surface area (Å²) in [7, 11) is 2.16. The number of ether oxygens (including phenoxy) is 1. The van der Waals surface area contributed by atoms with E-state index in [2.05, 4.69) is 60.9 Å². The molecule has 1 aliphatic heterocycles. The summed E-state index contributed by atoms with van der Waals surface area (Å²) in [5.41, 5.74) is 1.48. The van der Waals surface area contributed by atoms with Crippen LogP contribution in [0.4, 0.5) is 0 Å². The lowest BCUT2D eigenvalue weighted by atomic mass is 10.1. The van der Waals surface area contributed by atoms with Crippen molar-refractivity contribution in [3.05, 3.63) is 24.0 Å². The van der Waals surface area contributed by atoms with E-state index in [1.165, 1.54) is 5.69 Å². The van der Waals surface area contributed by atoms with E-state index in [1.807, 2.05) is 0 Å². The normalized spacial score (nSPS) is 21.8. The molecule has 1 saturated heterocycles. The number of morpholine rings is 1. The summed E-state index contributed by atoms with van der Waals surface area (Å²) >= 11 is 0. The molecule has 108 valence electrons. The third kappa shape index (κ3) is 4.64. The fourth-order valence-electron chi connectivity index (χ4n) is 2.34. The van der Waals surface area contributed by atoms with Crippen LogP contribution in [0.25, 0.3) is 0 Å². The summed E-state index contributed by atoms with van der Waals surface area (Å²) in [6.07, 6.45) is 2.46. The van der Waals surface area contributed by atoms with Gasteiger partial charge in [0.1, 0.15) is 0 Å². The fraction of sp³-hybridized carbons (Fsp3) is 0.733. The minimum atomic E-state index is 0.149. The van der Waals surface area contributed by atoms with E-state index in [0.29, 0.717) is 6.10 Å². The van der Waals surface area contributed by atoms with Crippen LogP contribution < -0.4 is 5.32 Å². The number of likely N-dealkylation sites (N-methyl/N-ethyl adjacent to an activating group) is 1. The molecule has 1 N–H and O–H groups in total. The van der Waals surface area contributed by atoms with Crippen molar-refractivity contribution in [1.29, 1.82) is 0 Å². The lowest BCUT2D eigenvalue weighted by Crippen LogP contribution is -2.42. The number of nitrogens with one attached hydrogen (secondary N) is 1. The van der Waals surface area contributed by atoms with Gasteiger partial charge in [-0.15, -0.1) is 0 Å². The predicted molar refractivity (Wildman–Crippen MR) is 78.3 cm³/mol. The fourth-order valence-corrected chi connectivity index (χ4v) is 2.34. The van der Waals surface area contributed by atoms with Crippen LogP contribution in [0.15, 0.2) is 18.3 Å². The molecular weight excluding hydrogens is 238 g/mol. The second kappa shape index (κ2) is 6.07. The van der Waals surface area contributed by atoms with Gasteiger partial charge in [-0.1, -0.05) is 0 Å². The molecule has 4 heteroatoms. The first-order chi connectivity index (χ1) is 8.94. The van der Waals surface area contributed by atoms with E-state index in [1.54, 1.807) is 0 Å². The monoisotopic (exact) mass is 265 g/mol. The third-order valence-electron chi connectivity index (χ3n) is 3.47. The molecule has 19 heavy (non-hydrogen) atoms. The summed E-state index contributed by atoms with van der Waals surface area (Å²) < 4.78 is 8.15. The Morgan fingerprint density at radius 2 is 2.21 bits per heavy atom. The standard InChI is InChI=1S/C15H27N3O/c1-15(2,3)16-10-13-6-5-7-18(13)12-14-11-17(4)8-9-19-14/h5-7,14,16H,8-12H2,1-4H3. The van der Waals surface area contributed by atoms with Crippen molar-refractivity contribution in [3.8, 4) is 0 Å². The van der Waals surface area contributed by atoms with Crippen LogP contribution in [0.1, 0.15) is 26.5 Å². The zero-order chi connectivity index (χ0) is 13.9. The van der Waals surface area contributed by atoms with E-state index in [9.17, 15) is 0 Å². The third-order valence-corrected chi connectivity index (χ3v) is 3.47. The van der Waals surface area contributed by atoms with Crippen LogP contribution in [0, 0.1) is 0 Å².